The fourth-order valence-electron chi connectivity index (χ4n) is 2.18. The van der Waals surface area contributed by atoms with Gasteiger partial charge in [0.25, 0.3) is 10.0 Å². The molecular formula is C16H15Cl2N3O4S. The fourth-order valence-corrected chi connectivity index (χ4v) is 4.11. The van der Waals surface area contributed by atoms with E-state index in [9.17, 15) is 18.0 Å². The van der Waals surface area contributed by atoms with Crippen LogP contribution >= 0.6 is 23.2 Å². The summed E-state index contributed by atoms with van der Waals surface area (Å²) in [6, 6.07) is 9.63. The Balaban J connectivity index is 2.48. The molecule has 0 saturated carbocycles. The van der Waals surface area contributed by atoms with Crippen molar-refractivity contribution in [2.75, 3.05) is 16.2 Å². The van der Waals surface area contributed by atoms with E-state index in [0.717, 1.165) is 4.31 Å². The van der Waals surface area contributed by atoms with Gasteiger partial charge in [-0.25, -0.2) is 8.42 Å². The number of anilines is 2. The Morgan fingerprint density at radius 2 is 1.62 bits per heavy atom. The van der Waals surface area contributed by atoms with Gasteiger partial charge in [-0.1, -0.05) is 23.2 Å². The number of carbonyl (C=O) groups is 2. The van der Waals surface area contributed by atoms with E-state index in [2.05, 4.69) is 5.32 Å². The summed E-state index contributed by atoms with van der Waals surface area (Å²) in [4.78, 5) is 22.4. The molecule has 0 radical (unpaired) electrons. The molecule has 0 aromatic heterocycles. The van der Waals surface area contributed by atoms with Crippen LogP contribution in [0.25, 0.3) is 0 Å². The minimum absolute atomic E-state index is 0.0936. The molecule has 0 atom stereocenters. The molecule has 0 bridgehead atoms. The largest absolute Gasteiger partial charge is 0.368 e. The lowest BCUT2D eigenvalue weighted by Crippen LogP contribution is -2.38. The molecule has 2 aromatic rings. The van der Waals surface area contributed by atoms with E-state index in [1.807, 2.05) is 0 Å². The number of hydrogen-bond donors (Lipinski definition) is 2. The summed E-state index contributed by atoms with van der Waals surface area (Å²) in [6.45, 7) is 0.745. The van der Waals surface area contributed by atoms with E-state index in [1.54, 1.807) is 0 Å². The molecule has 138 valence electrons. The topological polar surface area (TPSA) is 110 Å². The van der Waals surface area contributed by atoms with Crippen LogP contribution in [0.5, 0.6) is 0 Å². The lowest BCUT2D eigenvalue weighted by atomic mass is 10.3. The summed E-state index contributed by atoms with van der Waals surface area (Å²) >= 11 is 11.9. The predicted octanol–water partition coefficient (Wildman–Crippen LogP) is 2.63. The molecule has 10 heteroatoms. The SMILES string of the molecule is CC(=O)Nc1ccc(S(=O)(=O)N(CC(N)=O)c2cc(Cl)cc(Cl)c2)cc1. The van der Waals surface area contributed by atoms with Crippen LogP contribution in [0.3, 0.4) is 0 Å². The van der Waals surface area contributed by atoms with Crippen LogP contribution in [0.2, 0.25) is 10.0 Å². The highest BCUT2D eigenvalue weighted by molar-refractivity contribution is 7.92. The monoisotopic (exact) mass is 415 g/mol. The zero-order chi connectivity index (χ0) is 19.5. The van der Waals surface area contributed by atoms with E-state index in [0.29, 0.717) is 5.69 Å². The standard InChI is InChI=1S/C16H15Cl2N3O4S/c1-10(22)20-13-2-4-15(5-3-13)26(24,25)21(9-16(19)23)14-7-11(17)6-12(18)8-14/h2-8H,9H2,1H3,(H2,19,23)(H,20,22). The molecule has 0 saturated heterocycles. The Kier molecular flexibility index (Phi) is 6.12. The number of nitrogens with zero attached hydrogens (tertiary/aromatic N) is 1. The molecule has 7 nitrogen and oxygen atoms in total. The summed E-state index contributed by atoms with van der Waals surface area (Å²) < 4.78 is 26.8. The third-order valence-corrected chi connectivity index (χ3v) is 5.42. The molecule has 0 heterocycles. The van der Waals surface area contributed by atoms with Crippen LogP contribution in [-0.2, 0) is 19.6 Å². The van der Waals surface area contributed by atoms with Crippen molar-refractivity contribution in [3.63, 3.8) is 0 Å². The predicted molar refractivity (Wildman–Crippen MR) is 101 cm³/mol. The normalized spacial score (nSPS) is 11.0. The van der Waals surface area contributed by atoms with Gasteiger partial charge < -0.3 is 11.1 Å². The van der Waals surface area contributed by atoms with Crippen molar-refractivity contribution in [1.29, 1.82) is 0 Å². The summed E-state index contributed by atoms with van der Waals surface area (Å²) in [5, 5.41) is 2.95. The fraction of sp³-hybridized carbons (Fsp3) is 0.125. The second-order valence-electron chi connectivity index (χ2n) is 5.31. The van der Waals surface area contributed by atoms with Crippen LogP contribution in [0.15, 0.2) is 47.4 Å². The molecule has 0 spiro atoms. The van der Waals surface area contributed by atoms with Crippen molar-refractivity contribution in [1.82, 2.24) is 0 Å². The number of hydrogen-bond acceptors (Lipinski definition) is 4. The average Bonchev–Trinajstić information content (AvgIpc) is 2.51. The highest BCUT2D eigenvalue weighted by Crippen LogP contribution is 2.29. The smallest absolute Gasteiger partial charge is 0.264 e. The third-order valence-electron chi connectivity index (χ3n) is 3.20. The van der Waals surface area contributed by atoms with E-state index in [1.165, 1.54) is 49.4 Å². The summed E-state index contributed by atoms with van der Waals surface area (Å²) in [5.41, 5.74) is 5.74. The first-order valence-electron chi connectivity index (χ1n) is 7.24. The second-order valence-corrected chi connectivity index (χ2v) is 8.05. The molecule has 0 fully saturated rings. The summed E-state index contributed by atoms with van der Waals surface area (Å²) in [5.74, 6) is -1.14. The number of sulfonamides is 1. The zero-order valence-corrected chi connectivity index (χ0v) is 15.9. The molecule has 2 amide bonds. The lowest BCUT2D eigenvalue weighted by molar-refractivity contribution is -0.116. The molecule has 0 aliphatic heterocycles. The molecule has 26 heavy (non-hydrogen) atoms. The number of amides is 2. The van der Waals surface area contributed by atoms with Gasteiger partial charge in [0.15, 0.2) is 0 Å². The summed E-state index contributed by atoms with van der Waals surface area (Å²) in [7, 11) is -4.13. The molecule has 0 unspecified atom stereocenters. The van der Waals surface area contributed by atoms with Gasteiger partial charge in [0.1, 0.15) is 6.54 Å². The number of nitrogens with two attached hydrogens (primary N) is 1. The van der Waals surface area contributed by atoms with Crippen molar-refractivity contribution in [2.45, 2.75) is 11.8 Å². The zero-order valence-electron chi connectivity index (χ0n) is 13.6. The molecule has 0 aliphatic rings. The Morgan fingerprint density at radius 3 is 2.08 bits per heavy atom. The van der Waals surface area contributed by atoms with Crippen molar-refractivity contribution >= 4 is 56.4 Å². The van der Waals surface area contributed by atoms with E-state index < -0.39 is 22.5 Å². The van der Waals surface area contributed by atoms with E-state index in [4.69, 9.17) is 28.9 Å². The van der Waals surface area contributed by atoms with Crippen molar-refractivity contribution in [3.05, 3.63) is 52.5 Å². The van der Waals surface area contributed by atoms with Gasteiger partial charge in [0, 0.05) is 22.7 Å². The van der Waals surface area contributed by atoms with Crippen LogP contribution in [-0.4, -0.2) is 26.8 Å². The number of halogens is 2. The van der Waals surface area contributed by atoms with Gasteiger partial charge in [-0.2, -0.15) is 0 Å². The first-order valence-corrected chi connectivity index (χ1v) is 9.44. The third kappa shape index (κ3) is 4.87. The molecule has 3 N–H and O–H groups in total. The lowest BCUT2D eigenvalue weighted by Gasteiger charge is -2.23. The minimum atomic E-state index is -4.13. The van der Waals surface area contributed by atoms with Gasteiger partial charge in [0.2, 0.25) is 11.8 Å². The highest BCUT2D eigenvalue weighted by atomic mass is 35.5. The minimum Gasteiger partial charge on any atom is -0.368 e. The van der Waals surface area contributed by atoms with E-state index in [-0.39, 0.29) is 26.5 Å². The first-order chi connectivity index (χ1) is 12.1. The molecule has 2 aromatic carbocycles. The molecule has 0 aliphatic carbocycles. The Hall–Kier alpha value is -2.29. The van der Waals surface area contributed by atoms with Crippen LogP contribution in [0.1, 0.15) is 6.92 Å². The Bertz CT molecular complexity index is 926. The second kappa shape index (κ2) is 7.94. The van der Waals surface area contributed by atoms with Crippen LogP contribution in [0, 0.1) is 0 Å². The molecular weight excluding hydrogens is 401 g/mol. The number of carbonyl (C=O) groups excluding carboxylic acids is 2. The maximum Gasteiger partial charge on any atom is 0.264 e. The molecule has 2 rings (SSSR count). The maximum absolute atomic E-state index is 13.0. The van der Waals surface area contributed by atoms with Crippen molar-refractivity contribution < 1.29 is 18.0 Å². The maximum atomic E-state index is 13.0. The number of benzene rings is 2. The number of rotatable bonds is 6. The Labute approximate surface area is 160 Å². The van der Waals surface area contributed by atoms with Gasteiger partial charge in [-0.15, -0.1) is 0 Å². The average molecular weight is 416 g/mol. The van der Waals surface area contributed by atoms with Crippen molar-refractivity contribution in [3.8, 4) is 0 Å². The first kappa shape index (κ1) is 20.0. The van der Waals surface area contributed by atoms with Crippen LogP contribution in [0.4, 0.5) is 11.4 Å². The summed E-state index contributed by atoms with van der Waals surface area (Å²) in [6.07, 6.45) is 0. The highest BCUT2D eigenvalue weighted by Gasteiger charge is 2.27. The van der Waals surface area contributed by atoms with Gasteiger partial charge in [0.05, 0.1) is 10.6 Å². The quantitative estimate of drug-likeness (QED) is 0.755. The Morgan fingerprint density at radius 1 is 1.08 bits per heavy atom. The number of primary amides is 1. The van der Waals surface area contributed by atoms with E-state index >= 15 is 0 Å². The number of nitrogens with one attached hydrogen (secondary N) is 1. The van der Waals surface area contributed by atoms with Crippen molar-refractivity contribution in [2.24, 2.45) is 5.73 Å². The van der Waals surface area contributed by atoms with Gasteiger partial charge in [-0.3, -0.25) is 13.9 Å². The van der Waals surface area contributed by atoms with Crippen LogP contribution < -0.4 is 15.4 Å². The van der Waals surface area contributed by atoms with Gasteiger partial charge >= 0.3 is 0 Å². The van der Waals surface area contributed by atoms with Gasteiger partial charge in [-0.05, 0) is 42.5 Å².